The maximum atomic E-state index is 12.2. The van der Waals surface area contributed by atoms with Gasteiger partial charge in [0.05, 0.1) is 12.9 Å². The van der Waals surface area contributed by atoms with Crippen LogP contribution in [0, 0.1) is 0 Å². The Hall–Kier alpha value is -2.22. The standard InChI is InChI=1S/C12H16N4O3S/c1-3-19-10-6-4-9(5-7-10)15-20(17,18)12-11(13)14-8-16(12)2/h4-8,15H,3,13H2,1-2H3. The highest BCUT2D eigenvalue weighted by Gasteiger charge is 2.22. The molecule has 1 heterocycles. The molecule has 0 bridgehead atoms. The highest BCUT2D eigenvalue weighted by Crippen LogP contribution is 2.21. The second kappa shape index (κ2) is 5.41. The molecule has 0 radical (unpaired) electrons. The Morgan fingerprint density at radius 1 is 1.35 bits per heavy atom. The fourth-order valence-electron chi connectivity index (χ4n) is 1.75. The number of anilines is 2. The zero-order valence-electron chi connectivity index (χ0n) is 11.2. The first kappa shape index (κ1) is 14.2. The van der Waals surface area contributed by atoms with Crippen molar-refractivity contribution in [1.82, 2.24) is 9.55 Å². The maximum absolute atomic E-state index is 12.2. The van der Waals surface area contributed by atoms with Crippen LogP contribution < -0.4 is 15.2 Å². The van der Waals surface area contributed by atoms with Crippen molar-refractivity contribution in [2.75, 3.05) is 17.1 Å². The second-order valence-corrected chi connectivity index (χ2v) is 5.71. The van der Waals surface area contributed by atoms with Crippen molar-refractivity contribution in [3.8, 4) is 5.75 Å². The van der Waals surface area contributed by atoms with Gasteiger partial charge in [0.1, 0.15) is 5.75 Å². The molecule has 2 aromatic rings. The van der Waals surface area contributed by atoms with Gasteiger partial charge in [-0.25, -0.2) is 4.98 Å². The van der Waals surface area contributed by atoms with Crippen LogP contribution in [-0.4, -0.2) is 24.6 Å². The minimum atomic E-state index is -3.77. The molecule has 8 heteroatoms. The normalized spacial score (nSPS) is 11.3. The SMILES string of the molecule is CCOc1ccc(NS(=O)(=O)c2c(N)ncn2C)cc1. The summed E-state index contributed by atoms with van der Waals surface area (Å²) in [6.07, 6.45) is 1.35. The summed E-state index contributed by atoms with van der Waals surface area (Å²) in [6.45, 7) is 2.43. The lowest BCUT2D eigenvalue weighted by atomic mass is 10.3. The number of nitrogens with two attached hydrogens (primary N) is 1. The Bertz CT molecular complexity index is 672. The first-order valence-electron chi connectivity index (χ1n) is 5.96. The number of sulfonamides is 1. The molecule has 0 unspecified atom stereocenters. The summed E-state index contributed by atoms with van der Waals surface area (Å²) < 4.78 is 33.6. The third kappa shape index (κ3) is 2.85. The van der Waals surface area contributed by atoms with E-state index in [2.05, 4.69) is 9.71 Å². The topological polar surface area (TPSA) is 99.2 Å². The zero-order valence-corrected chi connectivity index (χ0v) is 12.0. The van der Waals surface area contributed by atoms with Crippen molar-refractivity contribution in [1.29, 1.82) is 0 Å². The van der Waals surface area contributed by atoms with Crippen LogP contribution in [0.3, 0.4) is 0 Å². The van der Waals surface area contributed by atoms with Gasteiger partial charge in [-0.15, -0.1) is 0 Å². The van der Waals surface area contributed by atoms with Crippen molar-refractivity contribution in [3.63, 3.8) is 0 Å². The number of imidazole rings is 1. The molecule has 20 heavy (non-hydrogen) atoms. The van der Waals surface area contributed by atoms with Crippen molar-refractivity contribution in [3.05, 3.63) is 30.6 Å². The number of hydrogen-bond donors (Lipinski definition) is 2. The predicted octanol–water partition coefficient (Wildman–Crippen LogP) is 1.20. The summed E-state index contributed by atoms with van der Waals surface area (Å²) in [6, 6.07) is 6.62. The van der Waals surface area contributed by atoms with Gasteiger partial charge in [-0.1, -0.05) is 0 Å². The van der Waals surface area contributed by atoms with Crippen molar-refractivity contribution >= 4 is 21.5 Å². The number of rotatable bonds is 5. The molecule has 3 N–H and O–H groups in total. The summed E-state index contributed by atoms with van der Waals surface area (Å²) in [4.78, 5) is 3.76. The summed E-state index contributed by atoms with van der Waals surface area (Å²) in [5, 5.41) is -0.0635. The zero-order chi connectivity index (χ0) is 14.8. The number of aromatic nitrogens is 2. The molecule has 2 rings (SSSR count). The van der Waals surface area contributed by atoms with E-state index in [1.54, 1.807) is 31.3 Å². The lowest BCUT2D eigenvalue weighted by Crippen LogP contribution is -2.17. The average molecular weight is 296 g/mol. The molecule has 0 atom stereocenters. The van der Waals surface area contributed by atoms with Crippen LogP contribution in [0.1, 0.15) is 6.92 Å². The van der Waals surface area contributed by atoms with Gasteiger partial charge < -0.3 is 15.0 Å². The smallest absolute Gasteiger partial charge is 0.281 e. The van der Waals surface area contributed by atoms with Gasteiger partial charge in [-0.05, 0) is 31.2 Å². The van der Waals surface area contributed by atoms with Crippen LogP contribution in [0.5, 0.6) is 5.75 Å². The third-order valence-electron chi connectivity index (χ3n) is 2.58. The quantitative estimate of drug-likeness (QED) is 0.863. The van der Waals surface area contributed by atoms with E-state index in [9.17, 15) is 8.42 Å². The van der Waals surface area contributed by atoms with E-state index in [0.717, 1.165) is 0 Å². The Kier molecular flexibility index (Phi) is 3.84. The molecule has 7 nitrogen and oxygen atoms in total. The number of aryl methyl sites for hydroxylation is 1. The largest absolute Gasteiger partial charge is 0.494 e. The fourth-order valence-corrected chi connectivity index (χ4v) is 3.05. The molecule has 1 aromatic heterocycles. The van der Waals surface area contributed by atoms with Gasteiger partial charge in [0.25, 0.3) is 10.0 Å². The predicted molar refractivity (Wildman–Crippen MR) is 76.0 cm³/mol. The van der Waals surface area contributed by atoms with Crippen LogP contribution >= 0.6 is 0 Å². The van der Waals surface area contributed by atoms with Crippen molar-refractivity contribution < 1.29 is 13.2 Å². The average Bonchev–Trinajstić information content (AvgIpc) is 2.72. The lowest BCUT2D eigenvalue weighted by molar-refractivity contribution is 0.340. The summed E-state index contributed by atoms with van der Waals surface area (Å²) in [7, 11) is -2.21. The monoisotopic (exact) mass is 296 g/mol. The first-order chi connectivity index (χ1) is 9.44. The van der Waals surface area contributed by atoms with E-state index in [4.69, 9.17) is 10.5 Å². The number of nitrogen functional groups attached to an aromatic ring is 1. The van der Waals surface area contributed by atoms with Gasteiger partial charge in [-0.2, -0.15) is 8.42 Å². The van der Waals surface area contributed by atoms with E-state index >= 15 is 0 Å². The molecule has 0 saturated carbocycles. The first-order valence-corrected chi connectivity index (χ1v) is 7.45. The Morgan fingerprint density at radius 3 is 2.50 bits per heavy atom. The molecular weight excluding hydrogens is 280 g/mol. The van der Waals surface area contributed by atoms with E-state index in [1.807, 2.05) is 6.92 Å². The Balaban J connectivity index is 2.24. The number of benzene rings is 1. The third-order valence-corrected chi connectivity index (χ3v) is 4.09. The molecule has 0 aliphatic rings. The van der Waals surface area contributed by atoms with Crippen molar-refractivity contribution in [2.45, 2.75) is 11.9 Å². The highest BCUT2D eigenvalue weighted by molar-refractivity contribution is 7.92. The van der Waals surface area contributed by atoms with Gasteiger partial charge >= 0.3 is 0 Å². The van der Waals surface area contributed by atoms with Crippen LogP contribution in [0.15, 0.2) is 35.6 Å². The van der Waals surface area contributed by atoms with Crippen LogP contribution in [-0.2, 0) is 17.1 Å². The highest BCUT2D eigenvalue weighted by atomic mass is 32.2. The molecule has 0 aliphatic carbocycles. The molecule has 0 saturated heterocycles. The van der Waals surface area contributed by atoms with Gasteiger partial charge in [0.15, 0.2) is 10.8 Å². The summed E-state index contributed by atoms with van der Waals surface area (Å²) in [5.74, 6) is 0.640. The fraction of sp³-hybridized carbons (Fsp3) is 0.250. The van der Waals surface area contributed by atoms with Crippen LogP contribution in [0.4, 0.5) is 11.5 Å². The van der Waals surface area contributed by atoms with Crippen LogP contribution in [0.25, 0.3) is 0 Å². The second-order valence-electron chi connectivity index (χ2n) is 4.11. The molecule has 0 amide bonds. The molecule has 0 fully saturated rings. The van der Waals surface area contributed by atoms with E-state index in [0.29, 0.717) is 18.0 Å². The van der Waals surface area contributed by atoms with Crippen LogP contribution in [0.2, 0.25) is 0 Å². The molecule has 0 aliphatic heterocycles. The number of nitrogens with one attached hydrogen (secondary N) is 1. The van der Waals surface area contributed by atoms with Gasteiger partial charge in [-0.3, -0.25) is 4.72 Å². The number of ether oxygens (including phenoxy) is 1. The van der Waals surface area contributed by atoms with Crippen molar-refractivity contribution in [2.24, 2.45) is 7.05 Å². The Labute approximate surface area is 117 Å². The molecule has 1 aromatic carbocycles. The minimum Gasteiger partial charge on any atom is -0.494 e. The summed E-state index contributed by atoms with van der Waals surface area (Å²) in [5.41, 5.74) is 6.00. The lowest BCUT2D eigenvalue weighted by Gasteiger charge is -2.10. The van der Waals surface area contributed by atoms with E-state index in [1.165, 1.54) is 10.9 Å². The Morgan fingerprint density at radius 2 is 2.00 bits per heavy atom. The maximum Gasteiger partial charge on any atom is 0.281 e. The molecule has 108 valence electrons. The molecule has 0 spiro atoms. The van der Waals surface area contributed by atoms with E-state index < -0.39 is 10.0 Å². The van der Waals surface area contributed by atoms with Gasteiger partial charge in [0.2, 0.25) is 0 Å². The molecular formula is C12H16N4O3S. The summed E-state index contributed by atoms with van der Waals surface area (Å²) >= 11 is 0. The van der Waals surface area contributed by atoms with Gasteiger partial charge in [0, 0.05) is 12.7 Å². The minimum absolute atomic E-state index is 0.0362. The van der Waals surface area contributed by atoms with E-state index in [-0.39, 0.29) is 10.8 Å². The number of nitrogens with zero attached hydrogens (tertiary/aromatic N) is 2. The number of hydrogen-bond acceptors (Lipinski definition) is 5.